The lowest BCUT2D eigenvalue weighted by atomic mass is 10.4. The van der Waals surface area contributed by atoms with Crippen molar-refractivity contribution in [1.82, 2.24) is 5.32 Å². The van der Waals surface area contributed by atoms with Crippen LogP contribution in [-0.2, 0) is 4.74 Å². The minimum Gasteiger partial charge on any atom is -0.381 e. The smallest absolute Gasteiger partial charge is 0.0494 e. The summed E-state index contributed by atoms with van der Waals surface area (Å²) < 4.78 is 5.48. The number of halogens is 2. The Morgan fingerprint density at radius 1 is 1.50 bits per heavy atom. The van der Waals surface area contributed by atoms with Gasteiger partial charge in [-0.3, -0.25) is 0 Å². The normalized spacial score (nSPS) is 17.4. The fraction of sp³-hybridized carbons (Fsp3) is 0.800. The van der Waals surface area contributed by atoms with Gasteiger partial charge < -0.3 is 10.1 Å². The Morgan fingerprint density at radius 2 is 2.29 bits per heavy atom. The SMILES string of the molecule is Cl/C=C(/Cl)CNCCCOCC1CC1. The van der Waals surface area contributed by atoms with E-state index in [4.69, 9.17) is 27.9 Å². The van der Waals surface area contributed by atoms with Gasteiger partial charge in [0.25, 0.3) is 0 Å². The minimum absolute atomic E-state index is 0.644. The van der Waals surface area contributed by atoms with Gasteiger partial charge in [-0.1, -0.05) is 23.2 Å². The molecule has 0 atom stereocenters. The molecule has 0 aromatic rings. The summed E-state index contributed by atoms with van der Waals surface area (Å²) in [5.74, 6) is 0.858. The van der Waals surface area contributed by atoms with Gasteiger partial charge in [-0.25, -0.2) is 0 Å². The molecular formula is C10H17Cl2NO. The van der Waals surface area contributed by atoms with E-state index in [0.29, 0.717) is 11.6 Å². The van der Waals surface area contributed by atoms with Crippen molar-refractivity contribution in [2.24, 2.45) is 5.92 Å². The molecule has 82 valence electrons. The van der Waals surface area contributed by atoms with Gasteiger partial charge >= 0.3 is 0 Å². The summed E-state index contributed by atoms with van der Waals surface area (Å²) in [6.07, 6.45) is 3.74. The molecular weight excluding hydrogens is 221 g/mol. The van der Waals surface area contributed by atoms with Crippen LogP contribution in [0.2, 0.25) is 0 Å². The van der Waals surface area contributed by atoms with E-state index >= 15 is 0 Å². The van der Waals surface area contributed by atoms with Crippen molar-refractivity contribution in [2.45, 2.75) is 19.3 Å². The molecule has 0 spiro atoms. The Morgan fingerprint density at radius 3 is 2.93 bits per heavy atom. The Hall–Kier alpha value is 0.240. The number of nitrogens with one attached hydrogen (secondary N) is 1. The van der Waals surface area contributed by atoms with Crippen LogP contribution >= 0.6 is 23.2 Å². The molecule has 1 aliphatic rings. The van der Waals surface area contributed by atoms with Crippen LogP contribution < -0.4 is 5.32 Å². The average molecular weight is 238 g/mol. The molecule has 0 amide bonds. The molecule has 4 heteroatoms. The molecule has 0 bridgehead atoms. The van der Waals surface area contributed by atoms with Gasteiger partial charge in [-0.05, 0) is 31.7 Å². The average Bonchev–Trinajstić information content (AvgIpc) is 2.99. The molecule has 14 heavy (non-hydrogen) atoms. The maximum Gasteiger partial charge on any atom is 0.0494 e. The fourth-order valence-electron chi connectivity index (χ4n) is 1.08. The maximum absolute atomic E-state index is 5.69. The van der Waals surface area contributed by atoms with E-state index < -0.39 is 0 Å². The second kappa shape index (κ2) is 7.52. The summed E-state index contributed by atoms with van der Waals surface area (Å²) in [6, 6.07) is 0. The molecule has 0 unspecified atom stereocenters. The van der Waals surface area contributed by atoms with Crippen LogP contribution in [0.4, 0.5) is 0 Å². The van der Waals surface area contributed by atoms with Crippen molar-refractivity contribution in [2.75, 3.05) is 26.3 Å². The Bertz CT molecular complexity index is 181. The standard InChI is InChI=1S/C10H17Cl2NO/c11-6-10(12)7-13-4-1-5-14-8-9-2-3-9/h6,9,13H,1-5,7-8H2/b10-6+. The number of rotatable bonds is 8. The Kier molecular flexibility index (Phi) is 6.61. The summed E-state index contributed by atoms with van der Waals surface area (Å²) in [6.45, 7) is 3.35. The van der Waals surface area contributed by atoms with Gasteiger partial charge in [-0.15, -0.1) is 0 Å². The molecule has 0 heterocycles. The van der Waals surface area contributed by atoms with E-state index in [1.165, 1.54) is 18.4 Å². The zero-order valence-corrected chi connectivity index (χ0v) is 9.78. The largest absolute Gasteiger partial charge is 0.381 e. The highest BCUT2D eigenvalue weighted by Gasteiger charge is 2.20. The molecule has 1 rings (SSSR count). The van der Waals surface area contributed by atoms with E-state index in [-0.39, 0.29) is 0 Å². The zero-order valence-electron chi connectivity index (χ0n) is 8.27. The first-order valence-corrected chi connectivity index (χ1v) is 5.87. The molecule has 0 radical (unpaired) electrons. The first-order valence-electron chi connectivity index (χ1n) is 5.06. The monoisotopic (exact) mass is 237 g/mol. The predicted molar refractivity (Wildman–Crippen MR) is 60.8 cm³/mol. The second-order valence-electron chi connectivity index (χ2n) is 3.60. The Balaban J connectivity index is 1.74. The number of ether oxygens (including phenoxy) is 1. The van der Waals surface area contributed by atoms with Gasteiger partial charge in [0.2, 0.25) is 0 Å². The van der Waals surface area contributed by atoms with Gasteiger partial charge in [0.05, 0.1) is 0 Å². The van der Waals surface area contributed by atoms with Gasteiger partial charge in [0.1, 0.15) is 0 Å². The van der Waals surface area contributed by atoms with Crippen molar-refractivity contribution in [3.8, 4) is 0 Å². The lowest BCUT2D eigenvalue weighted by Gasteiger charge is -2.04. The number of hydrogen-bond donors (Lipinski definition) is 1. The topological polar surface area (TPSA) is 21.3 Å². The van der Waals surface area contributed by atoms with Crippen LogP contribution in [0, 0.1) is 5.92 Å². The first-order chi connectivity index (χ1) is 6.83. The third kappa shape index (κ3) is 6.66. The molecule has 0 aliphatic heterocycles. The van der Waals surface area contributed by atoms with Gasteiger partial charge in [-0.2, -0.15) is 0 Å². The molecule has 0 aromatic carbocycles. The van der Waals surface area contributed by atoms with Gasteiger partial charge in [0.15, 0.2) is 0 Å². The summed E-state index contributed by atoms with van der Waals surface area (Å²) >= 11 is 11.1. The maximum atomic E-state index is 5.69. The third-order valence-electron chi connectivity index (χ3n) is 2.10. The van der Waals surface area contributed by atoms with E-state index in [9.17, 15) is 0 Å². The lowest BCUT2D eigenvalue weighted by molar-refractivity contribution is 0.122. The highest BCUT2D eigenvalue weighted by molar-refractivity contribution is 6.36. The van der Waals surface area contributed by atoms with Crippen molar-refractivity contribution in [3.05, 3.63) is 10.6 Å². The van der Waals surface area contributed by atoms with Crippen LogP contribution in [0.1, 0.15) is 19.3 Å². The molecule has 1 aliphatic carbocycles. The van der Waals surface area contributed by atoms with E-state index in [0.717, 1.165) is 32.1 Å². The van der Waals surface area contributed by atoms with Crippen LogP contribution in [0.5, 0.6) is 0 Å². The van der Waals surface area contributed by atoms with Gasteiger partial charge in [0, 0.05) is 30.3 Å². The second-order valence-corrected chi connectivity index (χ2v) is 4.31. The highest BCUT2D eigenvalue weighted by Crippen LogP contribution is 2.28. The summed E-state index contributed by atoms with van der Waals surface area (Å²) in [7, 11) is 0. The molecule has 1 fully saturated rings. The lowest BCUT2D eigenvalue weighted by Crippen LogP contribution is -2.18. The Labute approximate surface area is 95.6 Å². The summed E-state index contributed by atoms with van der Waals surface area (Å²) in [5.41, 5.74) is 1.39. The summed E-state index contributed by atoms with van der Waals surface area (Å²) in [5, 5.41) is 3.82. The predicted octanol–water partition coefficient (Wildman–Crippen LogP) is 2.71. The highest BCUT2D eigenvalue weighted by atomic mass is 35.5. The molecule has 2 nitrogen and oxygen atoms in total. The van der Waals surface area contributed by atoms with Crippen LogP contribution in [0.15, 0.2) is 10.6 Å². The zero-order chi connectivity index (χ0) is 10.2. The van der Waals surface area contributed by atoms with Crippen LogP contribution in [0.3, 0.4) is 0 Å². The van der Waals surface area contributed by atoms with E-state index in [1.807, 2.05) is 0 Å². The quantitative estimate of drug-likeness (QED) is 0.656. The van der Waals surface area contributed by atoms with E-state index in [1.54, 1.807) is 0 Å². The van der Waals surface area contributed by atoms with Crippen molar-refractivity contribution in [1.29, 1.82) is 0 Å². The van der Waals surface area contributed by atoms with Crippen molar-refractivity contribution in [3.63, 3.8) is 0 Å². The van der Waals surface area contributed by atoms with Crippen molar-refractivity contribution >= 4 is 23.2 Å². The molecule has 0 saturated heterocycles. The molecule has 0 aromatic heterocycles. The third-order valence-corrected chi connectivity index (χ3v) is 2.72. The molecule has 1 saturated carbocycles. The van der Waals surface area contributed by atoms with Crippen LogP contribution in [0.25, 0.3) is 0 Å². The van der Waals surface area contributed by atoms with E-state index in [2.05, 4.69) is 5.32 Å². The van der Waals surface area contributed by atoms with Crippen molar-refractivity contribution < 1.29 is 4.74 Å². The van der Waals surface area contributed by atoms with Crippen LogP contribution in [-0.4, -0.2) is 26.3 Å². The minimum atomic E-state index is 0.644. The molecule has 1 N–H and O–H groups in total. The number of hydrogen-bond acceptors (Lipinski definition) is 2. The fourth-order valence-corrected chi connectivity index (χ4v) is 1.25. The summed E-state index contributed by atoms with van der Waals surface area (Å²) in [4.78, 5) is 0. The first kappa shape index (κ1) is 12.3.